The van der Waals surface area contributed by atoms with Crippen molar-refractivity contribution in [2.24, 2.45) is 0 Å². The predicted molar refractivity (Wildman–Crippen MR) is 133 cm³/mol. The molecule has 0 N–H and O–H groups in total. The number of hydrogen-bond acceptors (Lipinski definition) is 3. The van der Waals surface area contributed by atoms with Crippen LogP contribution in [0.3, 0.4) is 0 Å². The lowest BCUT2D eigenvalue weighted by atomic mass is 10.1. The molecule has 2 heterocycles. The zero-order valence-corrected chi connectivity index (χ0v) is 18.8. The highest BCUT2D eigenvalue weighted by molar-refractivity contribution is 5.76. The van der Waals surface area contributed by atoms with Crippen LogP contribution in [0.15, 0.2) is 95.9 Å². The molecule has 0 unspecified atom stereocenters. The van der Waals surface area contributed by atoms with E-state index in [4.69, 9.17) is 10.2 Å². The number of para-hydroxylation sites is 2. The molecule has 0 saturated carbocycles. The van der Waals surface area contributed by atoms with E-state index in [9.17, 15) is 4.79 Å². The zero-order chi connectivity index (χ0) is 23.3. The van der Waals surface area contributed by atoms with Crippen molar-refractivity contribution < 1.29 is 0 Å². The predicted octanol–water partition coefficient (Wildman–Crippen LogP) is 5.07. The lowest BCUT2D eigenvalue weighted by Gasteiger charge is -2.11. The van der Waals surface area contributed by atoms with Crippen molar-refractivity contribution >= 4 is 11.0 Å². The number of aromatic nitrogens is 4. The Morgan fingerprint density at radius 3 is 2.29 bits per heavy atom. The molecule has 34 heavy (non-hydrogen) atoms. The highest BCUT2D eigenvalue weighted by atomic mass is 16.1. The van der Waals surface area contributed by atoms with E-state index in [1.54, 1.807) is 9.13 Å². The van der Waals surface area contributed by atoms with Crippen molar-refractivity contribution in [1.82, 2.24) is 18.7 Å². The molecule has 2 aromatic heterocycles. The first kappa shape index (κ1) is 21.5. The summed E-state index contributed by atoms with van der Waals surface area (Å²) in [6, 6.07) is 30.2. The van der Waals surface area contributed by atoms with Gasteiger partial charge in [0, 0.05) is 19.2 Å². The van der Waals surface area contributed by atoms with E-state index in [0.717, 1.165) is 40.1 Å². The van der Waals surface area contributed by atoms with Crippen molar-refractivity contribution in [3.8, 4) is 17.3 Å². The van der Waals surface area contributed by atoms with Crippen LogP contribution in [0.2, 0.25) is 0 Å². The molecule has 0 amide bonds. The van der Waals surface area contributed by atoms with Crippen molar-refractivity contribution in [2.45, 2.75) is 32.5 Å². The Morgan fingerprint density at radius 1 is 0.824 bits per heavy atom. The summed E-state index contributed by atoms with van der Waals surface area (Å²) >= 11 is 0. The molecule has 6 heteroatoms. The van der Waals surface area contributed by atoms with E-state index in [1.807, 2.05) is 91.1 Å². The fourth-order valence-corrected chi connectivity index (χ4v) is 4.37. The molecule has 0 saturated heterocycles. The number of imidazole rings is 2. The van der Waals surface area contributed by atoms with Gasteiger partial charge in [-0.15, -0.1) is 0 Å². The Labute approximate surface area is 198 Å². The normalized spacial score (nSPS) is 11.0. The number of nitrogens with zero attached hydrogens (tertiary/aromatic N) is 5. The Balaban J connectivity index is 1.60. The summed E-state index contributed by atoms with van der Waals surface area (Å²) < 4.78 is 5.71. The smallest absolute Gasteiger partial charge is 0.326 e. The van der Waals surface area contributed by atoms with Gasteiger partial charge in [-0.25, -0.2) is 9.78 Å². The number of unbranched alkanes of at least 4 members (excludes halogenated alkanes) is 1. The summed E-state index contributed by atoms with van der Waals surface area (Å²) in [4.78, 5) is 18.5. The maximum atomic E-state index is 13.6. The third-order valence-electron chi connectivity index (χ3n) is 6.01. The van der Waals surface area contributed by atoms with Gasteiger partial charge in [-0.1, -0.05) is 72.8 Å². The molecule has 0 bridgehead atoms. The Bertz CT molecular complexity index is 1500. The second-order valence-corrected chi connectivity index (χ2v) is 8.29. The Hall–Kier alpha value is -4.37. The molecular formula is C28H25N5O. The number of aryl methyl sites for hydroxylation is 1. The van der Waals surface area contributed by atoms with Gasteiger partial charge in [-0.05, 0) is 29.7 Å². The van der Waals surface area contributed by atoms with Crippen LogP contribution in [0.5, 0.6) is 0 Å². The van der Waals surface area contributed by atoms with E-state index in [2.05, 4.69) is 10.6 Å². The quantitative estimate of drug-likeness (QED) is 0.312. The SMILES string of the molecule is N#CCCCn1c(Cn2c(-c3ccccc3)cn(Cc3ccccc3)c2=O)nc2ccccc21. The van der Waals surface area contributed by atoms with E-state index < -0.39 is 0 Å². The topological polar surface area (TPSA) is 68.5 Å². The van der Waals surface area contributed by atoms with E-state index in [1.165, 1.54) is 0 Å². The van der Waals surface area contributed by atoms with Crippen LogP contribution in [0.4, 0.5) is 0 Å². The standard InChI is InChI=1S/C28H25N5O/c29-17-9-10-18-32-25-16-8-7-15-24(25)30-27(32)21-33-26(23-13-5-2-6-14-23)20-31(28(33)34)19-22-11-3-1-4-12-22/h1-8,11-16,20H,9-10,18-19,21H2. The molecule has 0 spiro atoms. The minimum absolute atomic E-state index is 0.0710. The van der Waals surface area contributed by atoms with Crippen molar-refractivity contribution in [2.75, 3.05) is 0 Å². The minimum atomic E-state index is -0.0710. The summed E-state index contributed by atoms with van der Waals surface area (Å²) in [6.07, 6.45) is 3.15. The van der Waals surface area contributed by atoms with E-state index in [0.29, 0.717) is 26.1 Å². The van der Waals surface area contributed by atoms with Gasteiger partial charge in [0.25, 0.3) is 0 Å². The monoisotopic (exact) mass is 447 g/mol. The number of hydrogen-bond donors (Lipinski definition) is 0. The molecule has 0 fully saturated rings. The third-order valence-corrected chi connectivity index (χ3v) is 6.01. The molecule has 168 valence electrons. The lowest BCUT2D eigenvalue weighted by Crippen LogP contribution is -2.26. The number of fused-ring (bicyclic) bond motifs is 1. The fraction of sp³-hybridized carbons (Fsp3) is 0.179. The van der Waals surface area contributed by atoms with Gasteiger partial charge in [0.05, 0.1) is 35.9 Å². The molecule has 5 rings (SSSR count). The minimum Gasteiger partial charge on any atom is -0.326 e. The second kappa shape index (κ2) is 9.63. The molecule has 0 aliphatic carbocycles. The maximum Gasteiger partial charge on any atom is 0.329 e. The highest BCUT2D eigenvalue weighted by Gasteiger charge is 2.17. The third kappa shape index (κ3) is 4.28. The average Bonchev–Trinajstić information content (AvgIpc) is 3.38. The molecule has 5 aromatic rings. The first-order valence-electron chi connectivity index (χ1n) is 11.4. The van der Waals surface area contributed by atoms with Gasteiger partial charge in [0.2, 0.25) is 0 Å². The van der Waals surface area contributed by atoms with Crippen molar-refractivity contribution in [1.29, 1.82) is 5.26 Å². The largest absolute Gasteiger partial charge is 0.329 e. The molecule has 3 aromatic carbocycles. The van der Waals surface area contributed by atoms with Crippen LogP contribution in [-0.2, 0) is 19.6 Å². The molecule has 0 aliphatic heterocycles. The van der Waals surface area contributed by atoms with Gasteiger partial charge >= 0.3 is 5.69 Å². The van der Waals surface area contributed by atoms with Crippen LogP contribution in [0.25, 0.3) is 22.3 Å². The van der Waals surface area contributed by atoms with Crippen LogP contribution < -0.4 is 5.69 Å². The molecule has 0 radical (unpaired) electrons. The first-order valence-corrected chi connectivity index (χ1v) is 11.4. The van der Waals surface area contributed by atoms with E-state index in [-0.39, 0.29) is 5.69 Å². The summed E-state index contributed by atoms with van der Waals surface area (Å²) in [5.74, 6) is 0.816. The number of nitriles is 1. The highest BCUT2D eigenvalue weighted by Crippen LogP contribution is 2.22. The second-order valence-electron chi connectivity index (χ2n) is 8.29. The van der Waals surface area contributed by atoms with Crippen LogP contribution in [-0.4, -0.2) is 18.7 Å². The molecule has 0 aliphatic rings. The summed E-state index contributed by atoms with van der Waals surface area (Å²) in [7, 11) is 0. The lowest BCUT2D eigenvalue weighted by molar-refractivity contribution is 0.597. The van der Waals surface area contributed by atoms with Gasteiger partial charge < -0.3 is 4.57 Å². The Kier molecular flexibility index (Phi) is 6.09. The average molecular weight is 448 g/mol. The fourth-order valence-electron chi connectivity index (χ4n) is 4.37. The Morgan fingerprint density at radius 2 is 1.53 bits per heavy atom. The zero-order valence-electron chi connectivity index (χ0n) is 18.8. The van der Waals surface area contributed by atoms with Crippen molar-refractivity contribution in [3.63, 3.8) is 0 Å². The number of benzene rings is 3. The first-order chi connectivity index (χ1) is 16.7. The van der Waals surface area contributed by atoms with Gasteiger partial charge in [-0.3, -0.25) is 9.13 Å². The molecule has 6 nitrogen and oxygen atoms in total. The van der Waals surface area contributed by atoms with Crippen LogP contribution in [0.1, 0.15) is 24.2 Å². The summed E-state index contributed by atoms with van der Waals surface area (Å²) in [5, 5.41) is 9.01. The van der Waals surface area contributed by atoms with Crippen LogP contribution in [0, 0.1) is 11.3 Å². The van der Waals surface area contributed by atoms with Gasteiger partial charge in [-0.2, -0.15) is 5.26 Å². The maximum absolute atomic E-state index is 13.6. The number of rotatable bonds is 8. The van der Waals surface area contributed by atoms with Crippen LogP contribution >= 0.6 is 0 Å². The summed E-state index contributed by atoms with van der Waals surface area (Å²) in [6.45, 7) is 1.54. The molecular weight excluding hydrogens is 422 g/mol. The molecule has 0 atom stereocenters. The van der Waals surface area contributed by atoms with Gasteiger partial charge in [0.1, 0.15) is 5.82 Å². The summed E-state index contributed by atoms with van der Waals surface area (Å²) in [5.41, 5.74) is 4.76. The van der Waals surface area contributed by atoms with Gasteiger partial charge in [0.15, 0.2) is 0 Å². The van der Waals surface area contributed by atoms with E-state index >= 15 is 0 Å². The van der Waals surface area contributed by atoms with Crippen molar-refractivity contribution in [3.05, 3.63) is 113 Å².